The molecule has 2 aromatic rings. The van der Waals surface area contributed by atoms with E-state index >= 15 is 0 Å². The Kier molecular flexibility index (Phi) is 2.25. The summed E-state index contributed by atoms with van der Waals surface area (Å²) in [5, 5.41) is 1.13. The Balaban J connectivity index is 1.73. The molecule has 0 bridgehead atoms. The molecule has 3 nitrogen and oxygen atoms in total. The smallest absolute Gasteiger partial charge is 0.134 e. The van der Waals surface area contributed by atoms with E-state index in [-0.39, 0.29) is 5.54 Å². The van der Waals surface area contributed by atoms with Crippen molar-refractivity contribution < 1.29 is 9.15 Å². The summed E-state index contributed by atoms with van der Waals surface area (Å²) in [6.07, 6.45) is 4.72. The maximum Gasteiger partial charge on any atom is 0.134 e. The highest BCUT2D eigenvalue weighted by Crippen LogP contribution is 2.48. The number of hydrogen-bond acceptors (Lipinski definition) is 3. The van der Waals surface area contributed by atoms with E-state index in [4.69, 9.17) is 14.9 Å². The van der Waals surface area contributed by atoms with Crippen LogP contribution in [-0.4, -0.2) is 6.61 Å². The SMILES string of the molecule is Cc1oc2ccc(OCC3CC3)cc2c1C1(N)CC1. The van der Waals surface area contributed by atoms with Crippen molar-refractivity contribution in [3.8, 4) is 5.75 Å². The lowest BCUT2D eigenvalue weighted by atomic mass is 10.0. The summed E-state index contributed by atoms with van der Waals surface area (Å²) >= 11 is 0. The van der Waals surface area contributed by atoms with Crippen molar-refractivity contribution >= 4 is 11.0 Å². The Morgan fingerprint density at radius 3 is 2.84 bits per heavy atom. The largest absolute Gasteiger partial charge is 0.493 e. The van der Waals surface area contributed by atoms with Crippen LogP contribution in [0.3, 0.4) is 0 Å². The number of nitrogens with two attached hydrogens (primary N) is 1. The van der Waals surface area contributed by atoms with Crippen molar-refractivity contribution in [3.63, 3.8) is 0 Å². The van der Waals surface area contributed by atoms with Crippen LogP contribution in [0.15, 0.2) is 22.6 Å². The number of aryl methyl sites for hydroxylation is 1. The van der Waals surface area contributed by atoms with Gasteiger partial charge >= 0.3 is 0 Å². The van der Waals surface area contributed by atoms with Gasteiger partial charge in [-0.25, -0.2) is 0 Å². The summed E-state index contributed by atoms with van der Waals surface area (Å²) in [5.41, 5.74) is 8.30. The monoisotopic (exact) mass is 257 g/mol. The molecule has 0 saturated heterocycles. The van der Waals surface area contributed by atoms with Gasteiger partial charge in [0.2, 0.25) is 0 Å². The number of benzene rings is 1. The molecular formula is C16H19NO2. The second-order valence-electron chi connectivity index (χ2n) is 6.10. The second kappa shape index (κ2) is 3.76. The van der Waals surface area contributed by atoms with Crippen LogP contribution in [0.25, 0.3) is 11.0 Å². The molecule has 4 rings (SSSR count). The predicted molar refractivity (Wildman–Crippen MR) is 74.3 cm³/mol. The van der Waals surface area contributed by atoms with Crippen molar-refractivity contribution in [1.82, 2.24) is 0 Å². The van der Waals surface area contributed by atoms with Gasteiger partial charge in [-0.2, -0.15) is 0 Å². The maximum absolute atomic E-state index is 6.36. The van der Waals surface area contributed by atoms with Crippen LogP contribution in [0.5, 0.6) is 5.75 Å². The highest BCUT2D eigenvalue weighted by Gasteiger charge is 2.43. The number of furan rings is 1. The van der Waals surface area contributed by atoms with Gasteiger partial charge in [0.15, 0.2) is 0 Å². The first-order valence-corrected chi connectivity index (χ1v) is 7.11. The number of ether oxygens (including phenoxy) is 1. The molecule has 2 aliphatic rings. The lowest BCUT2D eigenvalue weighted by molar-refractivity contribution is 0.300. The maximum atomic E-state index is 6.36. The molecule has 2 N–H and O–H groups in total. The third kappa shape index (κ3) is 1.93. The van der Waals surface area contributed by atoms with Crippen LogP contribution in [0.2, 0.25) is 0 Å². The van der Waals surface area contributed by atoms with Crippen molar-refractivity contribution in [2.24, 2.45) is 11.7 Å². The minimum atomic E-state index is -0.162. The number of fused-ring (bicyclic) bond motifs is 1. The first kappa shape index (κ1) is 11.4. The van der Waals surface area contributed by atoms with E-state index < -0.39 is 0 Å². The zero-order valence-electron chi connectivity index (χ0n) is 11.2. The van der Waals surface area contributed by atoms with Gasteiger partial charge in [0.25, 0.3) is 0 Å². The molecule has 2 saturated carbocycles. The fourth-order valence-corrected chi connectivity index (χ4v) is 2.79. The van der Waals surface area contributed by atoms with Crippen molar-refractivity contribution in [2.75, 3.05) is 6.61 Å². The molecule has 0 aliphatic heterocycles. The molecule has 0 unspecified atom stereocenters. The third-order valence-corrected chi connectivity index (χ3v) is 4.30. The lowest BCUT2D eigenvalue weighted by Gasteiger charge is -2.09. The van der Waals surface area contributed by atoms with E-state index in [1.54, 1.807) is 0 Å². The molecule has 1 aromatic carbocycles. The van der Waals surface area contributed by atoms with Gasteiger partial charge < -0.3 is 14.9 Å². The van der Waals surface area contributed by atoms with Gasteiger partial charge in [0.1, 0.15) is 17.1 Å². The fourth-order valence-electron chi connectivity index (χ4n) is 2.79. The molecule has 100 valence electrons. The average Bonchev–Trinajstić information content (AvgIpc) is 3.28. The topological polar surface area (TPSA) is 48.4 Å². The summed E-state index contributed by atoms with van der Waals surface area (Å²) in [7, 11) is 0. The van der Waals surface area contributed by atoms with Crippen LogP contribution >= 0.6 is 0 Å². The molecule has 0 amide bonds. The highest BCUT2D eigenvalue weighted by atomic mass is 16.5. The van der Waals surface area contributed by atoms with Crippen LogP contribution in [-0.2, 0) is 5.54 Å². The van der Waals surface area contributed by atoms with E-state index in [0.717, 1.165) is 47.8 Å². The minimum Gasteiger partial charge on any atom is -0.493 e. The standard InChI is InChI=1S/C16H19NO2/c1-10-15(16(17)6-7-16)13-8-12(4-5-14(13)19-10)18-9-11-2-3-11/h4-5,8,11H,2-3,6-7,9,17H2,1H3. The van der Waals surface area contributed by atoms with E-state index in [1.807, 2.05) is 19.1 Å². The Morgan fingerprint density at radius 2 is 2.16 bits per heavy atom. The van der Waals surface area contributed by atoms with Crippen LogP contribution < -0.4 is 10.5 Å². The predicted octanol–water partition coefficient (Wildman–Crippen LogP) is 3.48. The molecule has 1 aromatic heterocycles. The van der Waals surface area contributed by atoms with E-state index in [2.05, 4.69) is 6.07 Å². The molecule has 3 heteroatoms. The van der Waals surface area contributed by atoms with Gasteiger partial charge in [-0.3, -0.25) is 0 Å². The summed E-state index contributed by atoms with van der Waals surface area (Å²) in [4.78, 5) is 0. The number of rotatable bonds is 4. The zero-order valence-corrected chi connectivity index (χ0v) is 11.2. The van der Waals surface area contributed by atoms with Crippen molar-refractivity contribution in [3.05, 3.63) is 29.5 Å². The molecular weight excluding hydrogens is 238 g/mol. The first-order chi connectivity index (χ1) is 9.16. The molecule has 2 aliphatic carbocycles. The Bertz CT molecular complexity index is 635. The van der Waals surface area contributed by atoms with Gasteiger partial charge in [-0.1, -0.05) is 0 Å². The Hall–Kier alpha value is -1.48. The molecule has 0 atom stereocenters. The van der Waals surface area contributed by atoms with E-state index in [1.165, 1.54) is 18.4 Å². The molecule has 0 radical (unpaired) electrons. The van der Waals surface area contributed by atoms with Crippen LogP contribution in [0, 0.1) is 12.8 Å². The van der Waals surface area contributed by atoms with Crippen molar-refractivity contribution in [1.29, 1.82) is 0 Å². The van der Waals surface area contributed by atoms with Gasteiger partial charge in [0, 0.05) is 16.5 Å². The summed E-state index contributed by atoms with van der Waals surface area (Å²) in [6.45, 7) is 2.85. The van der Waals surface area contributed by atoms with Gasteiger partial charge in [0.05, 0.1) is 6.61 Å². The van der Waals surface area contributed by atoms with Crippen molar-refractivity contribution in [2.45, 2.75) is 38.1 Å². The minimum absolute atomic E-state index is 0.162. The Morgan fingerprint density at radius 1 is 1.37 bits per heavy atom. The fraction of sp³-hybridized carbons (Fsp3) is 0.500. The summed E-state index contributed by atoms with van der Waals surface area (Å²) < 4.78 is 11.7. The van der Waals surface area contributed by atoms with E-state index in [9.17, 15) is 0 Å². The van der Waals surface area contributed by atoms with E-state index in [0.29, 0.717) is 0 Å². The molecule has 0 spiro atoms. The summed E-state index contributed by atoms with van der Waals surface area (Å²) in [5.74, 6) is 2.66. The molecule has 2 fully saturated rings. The zero-order chi connectivity index (χ0) is 13.0. The Labute approximate surface area is 112 Å². The third-order valence-electron chi connectivity index (χ3n) is 4.30. The first-order valence-electron chi connectivity index (χ1n) is 7.11. The average molecular weight is 257 g/mol. The van der Waals surface area contributed by atoms with Crippen LogP contribution in [0.1, 0.15) is 37.0 Å². The van der Waals surface area contributed by atoms with Crippen LogP contribution in [0.4, 0.5) is 0 Å². The lowest BCUT2D eigenvalue weighted by Crippen LogP contribution is -2.19. The van der Waals surface area contributed by atoms with Gasteiger partial charge in [-0.15, -0.1) is 0 Å². The molecule has 19 heavy (non-hydrogen) atoms. The quantitative estimate of drug-likeness (QED) is 0.912. The van der Waals surface area contributed by atoms with Gasteiger partial charge in [-0.05, 0) is 56.7 Å². The second-order valence-corrected chi connectivity index (χ2v) is 6.10. The summed E-state index contributed by atoms with van der Waals surface area (Å²) in [6, 6.07) is 6.09. The highest BCUT2D eigenvalue weighted by molar-refractivity contribution is 5.85. The molecule has 1 heterocycles. The normalized spacial score (nSPS) is 20.7. The number of hydrogen-bond donors (Lipinski definition) is 1.